The van der Waals surface area contributed by atoms with Gasteiger partial charge in [0.15, 0.2) is 0 Å². The van der Waals surface area contributed by atoms with Gasteiger partial charge in [-0.25, -0.2) is 0 Å². The second-order valence-corrected chi connectivity index (χ2v) is 7.34. The molecule has 0 unspecified atom stereocenters. The Morgan fingerprint density at radius 3 is 1.94 bits per heavy atom. The van der Waals surface area contributed by atoms with E-state index in [-0.39, 0.29) is 10.2 Å². The van der Waals surface area contributed by atoms with Crippen molar-refractivity contribution >= 4 is 11.8 Å². The molecule has 0 atom stereocenters. The number of thioether (sulfide) groups is 1. The van der Waals surface area contributed by atoms with Gasteiger partial charge in [0, 0.05) is 4.75 Å². The van der Waals surface area contributed by atoms with Crippen LogP contribution in [0.3, 0.4) is 0 Å². The highest BCUT2D eigenvalue weighted by molar-refractivity contribution is 8.00. The molecular weight excluding hydrogens is 236 g/mol. The Hall–Kier alpha value is -0.690. The van der Waals surface area contributed by atoms with Gasteiger partial charge in [0.05, 0.1) is 0 Å². The summed E-state index contributed by atoms with van der Waals surface area (Å²) in [7, 11) is 0. The smallest absolute Gasteiger partial charge is 0.0349 e. The van der Waals surface area contributed by atoms with Crippen LogP contribution in [0.1, 0.15) is 41.0 Å². The van der Waals surface area contributed by atoms with Crippen LogP contribution in [0.5, 0.6) is 0 Å². The van der Waals surface area contributed by atoms with Crippen LogP contribution in [0.25, 0.3) is 0 Å². The molecule has 0 aliphatic heterocycles. The van der Waals surface area contributed by atoms with E-state index in [0.29, 0.717) is 0 Å². The molecule has 1 aliphatic carbocycles. The normalized spacial score (nSPS) is 17.0. The molecule has 0 saturated heterocycles. The predicted molar refractivity (Wildman–Crippen MR) is 86.1 cm³/mol. The van der Waals surface area contributed by atoms with Gasteiger partial charge in [-0.1, -0.05) is 57.2 Å². The van der Waals surface area contributed by atoms with E-state index in [1.807, 2.05) is 11.8 Å². The number of rotatable bonds is 4. The summed E-state index contributed by atoms with van der Waals surface area (Å²) in [6, 6.07) is 0. The standard InChI is InChI=1S/C17H26S/c1-7-16(2,3)14-10-8-12-15(13-9-11-14)17(4,5)18-6/h8-13H,7H2,1-6H3. The van der Waals surface area contributed by atoms with Gasteiger partial charge < -0.3 is 0 Å². The average molecular weight is 262 g/mol. The maximum atomic E-state index is 2.30. The number of hydrogen-bond acceptors (Lipinski definition) is 1. The fraction of sp³-hybridized carbons (Fsp3) is 0.529. The third kappa shape index (κ3) is 3.65. The quantitative estimate of drug-likeness (QED) is 0.640. The van der Waals surface area contributed by atoms with Crippen LogP contribution in [-0.2, 0) is 0 Å². The van der Waals surface area contributed by atoms with Gasteiger partial charge in [-0.3, -0.25) is 0 Å². The Bertz CT molecular complexity index is 363. The maximum absolute atomic E-state index is 2.30. The van der Waals surface area contributed by atoms with E-state index in [2.05, 4.69) is 77.3 Å². The summed E-state index contributed by atoms with van der Waals surface area (Å²) in [6.07, 6.45) is 16.7. The molecule has 1 heteroatoms. The van der Waals surface area contributed by atoms with Crippen LogP contribution >= 0.6 is 11.8 Å². The van der Waals surface area contributed by atoms with Crippen molar-refractivity contribution in [3.8, 4) is 0 Å². The first kappa shape index (κ1) is 15.4. The fourth-order valence-electron chi connectivity index (χ4n) is 1.80. The van der Waals surface area contributed by atoms with Gasteiger partial charge in [-0.15, -0.1) is 0 Å². The molecule has 0 amide bonds. The summed E-state index contributed by atoms with van der Waals surface area (Å²) in [5.74, 6) is 0. The summed E-state index contributed by atoms with van der Waals surface area (Å²) in [6.45, 7) is 11.4. The van der Waals surface area contributed by atoms with Gasteiger partial charge in [-0.05, 0) is 43.1 Å². The zero-order chi connectivity index (χ0) is 13.8. The Morgan fingerprint density at radius 2 is 1.44 bits per heavy atom. The molecular formula is C17H26S. The summed E-state index contributed by atoms with van der Waals surface area (Å²) in [5, 5.41) is 0. The molecule has 0 saturated carbocycles. The van der Waals surface area contributed by atoms with E-state index >= 15 is 0 Å². The molecule has 0 bridgehead atoms. The number of allylic oxidation sites excluding steroid dienone is 7. The van der Waals surface area contributed by atoms with Gasteiger partial charge in [-0.2, -0.15) is 11.8 Å². The van der Waals surface area contributed by atoms with Crippen molar-refractivity contribution in [1.82, 2.24) is 0 Å². The van der Waals surface area contributed by atoms with Crippen molar-refractivity contribution in [2.45, 2.75) is 45.8 Å². The molecule has 1 rings (SSSR count). The lowest BCUT2D eigenvalue weighted by molar-refractivity contribution is 0.440. The van der Waals surface area contributed by atoms with Crippen LogP contribution in [0.2, 0.25) is 0 Å². The molecule has 0 aromatic rings. The molecule has 0 spiro atoms. The number of hydrogen-bond donors (Lipinski definition) is 0. The van der Waals surface area contributed by atoms with Crippen molar-refractivity contribution in [1.29, 1.82) is 0 Å². The molecule has 0 nitrogen and oxygen atoms in total. The second-order valence-electron chi connectivity index (χ2n) is 5.91. The van der Waals surface area contributed by atoms with Gasteiger partial charge in [0.2, 0.25) is 0 Å². The summed E-state index contributed by atoms with van der Waals surface area (Å²) in [5.41, 5.74) is 3.02. The van der Waals surface area contributed by atoms with E-state index < -0.39 is 0 Å². The second kappa shape index (κ2) is 5.97. The van der Waals surface area contributed by atoms with Crippen LogP contribution < -0.4 is 0 Å². The lowest BCUT2D eigenvalue weighted by atomic mass is 9.80. The average Bonchev–Trinajstić information content (AvgIpc) is 2.28. The fourth-order valence-corrected chi connectivity index (χ4v) is 2.17. The zero-order valence-electron chi connectivity index (χ0n) is 12.6. The predicted octanol–water partition coefficient (Wildman–Crippen LogP) is 5.54. The third-order valence-electron chi connectivity index (χ3n) is 3.97. The summed E-state index contributed by atoms with van der Waals surface area (Å²) >= 11 is 1.89. The van der Waals surface area contributed by atoms with E-state index in [9.17, 15) is 0 Å². The van der Waals surface area contributed by atoms with E-state index in [1.165, 1.54) is 11.1 Å². The highest BCUT2D eigenvalue weighted by Gasteiger charge is 2.21. The van der Waals surface area contributed by atoms with E-state index in [4.69, 9.17) is 0 Å². The Kier molecular flexibility index (Phi) is 5.10. The molecule has 0 aromatic carbocycles. The first-order chi connectivity index (χ1) is 8.33. The molecule has 1 aliphatic rings. The van der Waals surface area contributed by atoms with Crippen LogP contribution in [0.4, 0.5) is 0 Å². The van der Waals surface area contributed by atoms with Gasteiger partial charge in [0.1, 0.15) is 0 Å². The largest absolute Gasteiger partial charge is 0.154 e. The molecule has 0 radical (unpaired) electrons. The molecule has 18 heavy (non-hydrogen) atoms. The lowest BCUT2D eigenvalue weighted by Gasteiger charge is -2.26. The van der Waals surface area contributed by atoms with Crippen molar-refractivity contribution in [3.05, 3.63) is 47.6 Å². The first-order valence-corrected chi connectivity index (χ1v) is 7.89. The summed E-state index contributed by atoms with van der Waals surface area (Å²) < 4.78 is 0.173. The topological polar surface area (TPSA) is 0 Å². The molecule has 0 fully saturated rings. The van der Waals surface area contributed by atoms with Crippen molar-refractivity contribution < 1.29 is 0 Å². The minimum atomic E-state index is 0.173. The molecule has 0 N–H and O–H groups in total. The van der Waals surface area contributed by atoms with E-state index in [1.54, 1.807) is 0 Å². The Morgan fingerprint density at radius 1 is 0.944 bits per heavy atom. The van der Waals surface area contributed by atoms with Crippen molar-refractivity contribution in [2.24, 2.45) is 5.41 Å². The van der Waals surface area contributed by atoms with Gasteiger partial charge in [0.25, 0.3) is 0 Å². The third-order valence-corrected chi connectivity index (χ3v) is 5.23. The maximum Gasteiger partial charge on any atom is 0.0349 e. The summed E-state index contributed by atoms with van der Waals surface area (Å²) in [4.78, 5) is 0. The molecule has 100 valence electrons. The van der Waals surface area contributed by atoms with Crippen LogP contribution in [-0.4, -0.2) is 11.0 Å². The molecule has 0 heterocycles. The van der Waals surface area contributed by atoms with Crippen LogP contribution in [0.15, 0.2) is 47.6 Å². The minimum absolute atomic E-state index is 0.173. The van der Waals surface area contributed by atoms with Gasteiger partial charge >= 0.3 is 0 Å². The first-order valence-electron chi connectivity index (χ1n) is 6.66. The highest BCUT2D eigenvalue weighted by Crippen LogP contribution is 2.34. The minimum Gasteiger partial charge on any atom is -0.154 e. The molecule has 0 aromatic heterocycles. The highest BCUT2D eigenvalue weighted by atomic mass is 32.2. The SMILES string of the molecule is CCC(C)(C)C1=CC=CC(C(C)(C)SC)=CC=C1. The Labute approximate surface area is 117 Å². The van der Waals surface area contributed by atoms with Crippen molar-refractivity contribution in [3.63, 3.8) is 0 Å². The van der Waals surface area contributed by atoms with Crippen LogP contribution in [0, 0.1) is 5.41 Å². The Balaban J connectivity index is 2.99. The van der Waals surface area contributed by atoms with E-state index in [0.717, 1.165) is 6.42 Å². The van der Waals surface area contributed by atoms with Crippen molar-refractivity contribution in [2.75, 3.05) is 6.26 Å². The lowest BCUT2D eigenvalue weighted by Crippen LogP contribution is -2.16. The monoisotopic (exact) mass is 262 g/mol. The zero-order valence-corrected chi connectivity index (χ0v) is 13.4.